The van der Waals surface area contributed by atoms with Crippen LogP contribution in [0.5, 0.6) is 0 Å². The van der Waals surface area contributed by atoms with E-state index in [9.17, 15) is 9.59 Å². The van der Waals surface area contributed by atoms with E-state index in [4.69, 9.17) is 4.42 Å². The van der Waals surface area contributed by atoms with Crippen molar-refractivity contribution in [1.29, 1.82) is 0 Å². The van der Waals surface area contributed by atoms with Gasteiger partial charge in [0.2, 0.25) is 11.8 Å². The van der Waals surface area contributed by atoms with Crippen LogP contribution in [0, 0.1) is 13.8 Å². The number of hydrogen-bond acceptors (Lipinski definition) is 4. The first kappa shape index (κ1) is 20.9. The molecule has 30 heavy (non-hydrogen) atoms. The third kappa shape index (κ3) is 4.69. The smallest absolute Gasteiger partial charge is 0.236 e. The monoisotopic (exact) mass is 411 g/mol. The van der Waals surface area contributed by atoms with E-state index in [-0.39, 0.29) is 11.8 Å². The predicted molar refractivity (Wildman–Crippen MR) is 117 cm³/mol. The molecule has 0 radical (unpaired) electrons. The number of benzene rings is 1. The topological polar surface area (TPSA) is 57.0 Å². The van der Waals surface area contributed by atoms with Gasteiger partial charge in [0.15, 0.2) is 0 Å². The van der Waals surface area contributed by atoms with Crippen molar-refractivity contribution in [3.8, 4) is 0 Å². The number of piperazine rings is 1. The Morgan fingerprint density at radius 2 is 1.47 bits per heavy atom. The van der Waals surface area contributed by atoms with Crippen molar-refractivity contribution in [2.24, 2.45) is 0 Å². The lowest BCUT2D eigenvalue weighted by Gasteiger charge is -2.35. The Hall–Kier alpha value is -2.34. The van der Waals surface area contributed by atoms with E-state index in [0.717, 1.165) is 55.6 Å². The number of nitrogens with zero attached hydrogens (tertiary/aromatic N) is 3. The van der Waals surface area contributed by atoms with Crippen molar-refractivity contribution in [3.05, 3.63) is 35.1 Å². The van der Waals surface area contributed by atoms with Gasteiger partial charge in [-0.15, -0.1) is 0 Å². The van der Waals surface area contributed by atoms with E-state index in [1.165, 1.54) is 24.0 Å². The second kappa shape index (κ2) is 9.21. The van der Waals surface area contributed by atoms with Crippen molar-refractivity contribution >= 4 is 22.8 Å². The maximum Gasteiger partial charge on any atom is 0.236 e. The largest absolute Gasteiger partial charge is 0.464 e. The highest BCUT2D eigenvalue weighted by Crippen LogP contribution is 2.25. The predicted octanol–water partition coefficient (Wildman–Crippen LogP) is 3.14. The molecule has 0 bridgehead atoms. The minimum absolute atomic E-state index is 0.134. The fourth-order valence-corrected chi connectivity index (χ4v) is 4.51. The van der Waals surface area contributed by atoms with Crippen LogP contribution in [0.3, 0.4) is 0 Å². The molecule has 0 spiro atoms. The Bertz CT molecular complexity index is 904. The van der Waals surface area contributed by atoms with E-state index in [0.29, 0.717) is 26.1 Å². The third-order valence-corrected chi connectivity index (χ3v) is 6.65. The number of hydrogen-bond donors (Lipinski definition) is 0. The highest BCUT2D eigenvalue weighted by molar-refractivity contribution is 5.88. The summed E-state index contributed by atoms with van der Waals surface area (Å²) in [7, 11) is 0. The Labute approximate surface area is 178 Å². The molecule has 0 unspecified atom stereocenters. The minimum atomic E-state index is 0.134. The first-order valence-electron chi connectivity index (χ1n) is 11.3. The molecule has 0 aliphatic carbocycles. The molecule has 6 nitrogen and oxygen atoms in total. The summed E-state index contributed by atoms with van der Waals surface area (Å²) >= 11 is 0. The summed E-state index contributed by atoms with van der Waals surface area (Å²) in [6.07, 6.45) is 6.79. The highest BCUT2D eigenvalue weighted by atomic mass is 16.3. The number of fused-ring (bicyclic) bond motifs is 1. The lowest BCUT2D eigenvalue weighted by molar-refractivity contribution is -0.134. The molecular weight excluding hydrogens is 378 g/mol. The molecule has 6 heteroatoms. The number of rotatable bonds is 4. The van der Waals surface area contributed by atoms with Gasteiger partial charge in [0.1, 0.15) is 5.58 Å². The molecule has 1 aromatic carbocycles. The molecule has 3 heterocycles. The number of likely N-dealkylation sites (tertiary alicyclic amines) is 1. The molecule has 2 aromatic rings. The molecule has 2 aliphatic rings. The normalized spacial score (nSPS) is 18.6. The summed E-state index contributed by atoms with van der Waals surface area (Å²) in [6.45, 7) is 9.31. The minimum Gasteiger partial charge on any atom is -0.464 e. The van der Waals surface area contributed by atoms with Gasteiger partial charge in [-0.1, -0.05) is 12.8 Å². The van der Waals surface area contributed by atoms with Crippen molar-refractivity contribution in [3.63, 3.8) is 0 Å². The van der Waals surface area contributed by atoms with Gasteiger partial charge in [-0.3, -0.25) is 14.5 Å². The summed E-state index contributed by atoms with van der Waals surface area (Å²) in [5.41, 5.74) is 4.20. The molecule has 2 fully saturated rings. The summed E-state index contributed by atoms with van der Waals surface area (Å²) in [5.74, 6) is 0.377. The first-order chi connectivity index (χ1) is 14.5. The molecule has 2 saturated heterocycles. The highest BCUT2D eigenvalue weighted by Gasteiger charge is 2.25. The molecule has 2 amide bonds. The van der Waals surface area contributed by atoms with E-state index >= 15 is 0 Å². The van der Waals surface area contributed by atoms with Crippen LogP contribution >= 0.6 is 0 Å². The van der Waals surface area contributed by atoms with Crippen molar-refractivity contribution in [2.75, 3.05) is 45.8 Å². The fraction of sp³-hybridized carbons (Fsp3) is 0.583. The Balaban J connectivity index is 1.29. The third-order valence-electron chi connectivity index (χ3n) is 6.65. The fourth-order valence-electron chi connectivity index (χ4n) is 4.51. The second-order valence-electron chi connectivity index (χ2n) is 8.82. The van der Waals surface area contributed by atoms with Crippen molar-refractivity contribution in [2.45, 2.75) is 46.0 Å². The van der Waals surface area contributed by atoms with E-state index in [2.05, 4.69) is 24.8 Å². The van der Waals surface area contributed by atoms with Crippen LogP contribution in [0.1, 0.15) is 42.4 Å². The lowest BCUT2D eigenvalue weighted by atomic mass is 10.0. The number of aryl methyl sites for hydroxylation is 2. The van der Waals surface area contributed by atoms with Crippen LogP contribution in [0.25, 0.3) is 11.0 Å². The van der Waals surface area contributed by atoms with Gasteiger partial charge in [0.05, 0.1) is 19.2 Å². The lowest BCUT2D eigenvalue weighted by Crippen LogP contribution is -2.52. The molecule has 4 rings (SSSR count). The molecule has 2 aliphatic heterocycles. The van der Waals surface area contributed by atoms with Crippen molar-refractivity contribution in [1.82, 2.24) is 14.7 Å². The van der Waals surface area contributed by atoms with Gasteiger partial charge >= 0.3 is 0 Å². The molecule has 1 aromatic heterocycles. The number of carbonyl (C=O) groups is 2. The van der Waals surface area contributed by atoms with Crippen LogP contribution < -0.4 is 0 Å². The standard InChI is InChI=1S/C24H33N3O3/c1-18-13-21-20(17-30-22(21)14-19(18)2)15-23(28)27-11-9-25(10-12-27)16-24(29)26-7-5-3-4-6-8-26/h13-14,17H,3-12,15-16H2,1-2H3. The summed E-state index contributed by atoms with van der Waals surface area (Å²) in [5, 5.41) is 1.04. The van der Waals surface area contributed by atoms with Gasteiger partial charge in [0, 0.05) is 50.2 Å². The zero-order valence-corrected chi connectivity index (χ0v) is 18.3. The number of amides is 2. The van der Waals surface area contributed by atoms with Gasteiger partial charge in [0.25, 0.3) is 0 Å². The molecule has 162 valence electrons. The number of carbonyl (C=O) groups excluding carboxylic acids is 2. The molecule has 0 N–H and O–H groups in total. The number of furan rings is 1. The molecule has 0 atom stereocenters. The maximum atomic E-state index is 12.9. The van der Waals surface area contributed by atoms with E-state index < -0.39 is 0 Å². The van der Waals surface area contributed by atoms with E-state index in [1.807, 2.05) is 15.9 Å². The van der Waals surface area contributed by atoms with Crippen LogP contribution in [-0.4, -0.2) is 72.3 Å². The Morgan fingerprint density at radius 1 is 0.833 bits per heavy atom. The Kier molecular flexibility index (Phi) is 6.42. The van der Waals surface area contributed by atoms with Gasteiger partial charge in [-0.2, -0.15) is 0 Å². The van der Waals surface area contributed by atoms with Crippen LogP contribution in [-0.2, 0) is 16.0 Å². The SMILES string of the molecule is Cc1cc2occ(CC(=O)N3CCN(CC(=O)N4CCCCCC4)CC3)c2cc1C. The Morgan fingerprint density at radius 3 is 2.17 bits per heavy atom. The van der Waals surface area contributed by atoms with E-state index in [1.54, 1.807) is 6.26 Å². The van der Waals surface area contributed by atoms with Gasteiger partial charge in [-0.25, -0.2) is 0 Å². The zero-order valence-electron chi connectivity index (χ0n) is 18.3. The summed E-state index contributed by atoms with van der Waals surface area (Å²) in [4.78, 5) is 31.6. The van der Waals surface area contributed by atoms with Crippen LogP contribution in [0.4, 0.5) is 0 Å². The van der Waals surface area contributed by atoms with Crippen LogP contribution in [0.15, 0.2) is 22.8 Å². The molecule has 0 saturated carbocycles. The average Bonchev–Trinajstić information content (AvgIpc) is 2.94. The maximum absolute atomic E-state index is 12.9. The quantitative estimate of drug-likeness (QED) is 0.776. The van der Waals surface area contributed by atoms with Gasteiger partial charge in [-0.05, 0) is 49.9 Å². The zero-order chi connectivity index (χ0) is 21.1. The summed E-state index contributed by atoms with van der Waals surface area (Å²) < 4.78 is 5.68. The van der Waals surface area contributed by atoms with Gasteiger partial charge < -0.3 is 14.2 Å². The molecular formula is C24H33N3O3. The average molecular weight is 412 g/mol. The summed E-state index contributed by atoms with van der Waals surface area (Å²) in [6, 6.07) is 4.15. The second-order valence-corrected chi connectivity index (χ2v) is 8.82. The van der Waals surface area contributed by atoms with Crippen LogP contribution in [0.2, 0.25) is 0 Å². The van der Waals surface area contributed by atoms with Crippen molar-refractivity contribution < 1.29 is 14.0 Å². The first-order valence-corrected chi connectivity index (χ1v) is 11.3.